The van der Waals surface area contributed by atoms with Gasteiger partial charge in [-0.05, 0) is 50.9 Å². The van der Waals surface area contributed by atoms with Crippen molar-refractivity contribution in [1.29, 1.82) is 0 Å². The van der Waals surface area contributed by atoms with Crippen LogP contribution in [0.5, 0.6) is 0 Å². The molecule has 1 aliphatic rings. The zero-order valence-electron chi connectivity index (χ0n) is 16.3. The maximum absolute atomic E-state index is 11.4. The van der Waals surface area contributed by atoms with Crippen LogP contribution in [0.1, 0.15) is 40.2 Å². The number of nitrogens with one attached hydrogen (secondary N) is 1. The quantitative estimate of drug-likeness (QED) is 0.835. The van der Waals surface area contributed by atoms with Gasteiger partial charge in [-0.1, -0.05) is 18.2 Å². The van der Waals surface area contributed by atoms with Crippen molar-refractivity contribution in [1.82, 2.24) is 5.32 Å². The van der Waals surface area contributed by atoms with E-state index >= 15 is 0 Å². The normalized spacial score (nSPS) is 19.0. The second kappa shape index (κ2) is 7.22. The van der Waals surface area contributed by atoms with E-state index in [1.54, 1.807) is 0 Å². The minimum atomic E-state index is -0.486. The maximum Gasteiger partial charge on any atom is 0.492 e. The molecule has 1 aliphatic heterocycles. The lowest BCUT2D eigenvalue weighted by Gasteiger charge is -2.32. The Hall–Kier alpha value is -1.79. The predicted molar refractivity (Wildman–Crippen MR) is 104 cm³/mol. The van der Waals surface area contributed by atoms with E-state index in [2.05, 4.69) is 22.3 Å². The third-order valence-corrected chi connectivity index (χ3v) is 4.84. The van der Waals surface area contributed by atoms with Gasteiger partial charge < -0.3 is 19.5 Å². The molecule has 136 valence electrons. The Morgan fingerprint density at radius 2 is 1.80 bits per heavy atom. The van der Waals surface area contributed by atoms with Crippen molar-refractivity contribution in [2.24, 2.45) is 0 Å². The van der Waals surface area contributed by atoms with Gasteiger partial charge in [0.1, 0.15) is 0 Å². The van der Waals surface area contributed by atoms with Crippen molar-refractivity contribution in [2.45, 2.75) is 45.8 Å². The average Bonchev–Trinajstić information content (AvgIpc) is 2.71. The summed E-state index contributed by atoms with van der Waals surface area (Å²) < 4.78 is 12.3. The van der Waals surface area contributed by atoms with Gasteiger partial charge in [0.05, 0.1) is 11.2 Å². The summed E-state index contributed by atoms with van der Waals surface area (Å²) >= 11 is 0. The van der Waals surface area contributed by atoms with Gasteiger partial charge >= 0.3 is 7.12 Å². The van der Waals surface area contributed by atoms with Crippen molar-refractivity contribution in [3.05, 3.63) is 35.3 Å². The molecule has 1 amide bonds. The lowest BCUT2D eigenvalue weighted by Crippen LogP contribution is -2.41. The van der Waals surface area contributed by atoms with Crippen LogP contribution in [-0.4, -0.2) is 44.9 Å². The van der Waals surface area contributed by atoms with E-state index in [9.17, 15) is 4.79 Å². The first kappa shape index (κ1) is 19.5. The first-order valence-electron chi connectivity index (χ1n) is 8.60. The molecule has 1 aromatic rings. The van der Waals surface area contributed by atoms with Crippen LogP contribution in [0.25, 0.3) is 6.08 Å². The van der Waals surface area contributed by atoms with Gasteiger partial charge in [0.15, 0.2) is 0 Å². The Morgan fingerprint density at radius 3 is 2.32 bits per heavy atom. The molecule has 1 aromatic carbocycles. The molecule has 0 aromatic heterocycles. The van der Waals surface area contributed by atoms with Crippen LogP contribution in [-0.2, 0) is 14.1 Å². The summed E-state index contributed by atoms with van der Waals surface area (Å²) in [5, 5.41) is 2.86. The van der Waals surface area contributed by atoms with Crippen molar-refractivity contribution in [2.75, 3.05) is 25.5 Å². The molecule has 0 radical (unpaired) electrons. The maximum atomic E-state index is 11.4. The van der Waals surface area contributed by atoms with Crippen molar-refractivity contribution >= 4 is 24.8 Å². The van der Waals surface area contributed by atoms with Gasteiger partial charge in [0.25, 0.3) is 0 Å². The number of nitrogens with zero attached hydrogens (tertiary/aromatic N) is 1. The van der Waals surface area contributed by atoms with Crippen LogP contribution in [0.4, 0.5) is 5.69 Å². The molecule has 0 unspecified atom stereocenters. The molecule has 1 fully saturated rings. The lowest BCUT2D eigenvalue weighted by molar-refractivity contribution is -0.118. The number of hydrogen-bond acceptors (Lipinski definition) is 4. The molecule has 1 saturated heterocycles. The van der Waals surface area contributed by atoms with Gasteiger partial charge in [0.2, 0.25) is 5.91 Å². The zero-order chi connectivity index (χ0) is 18.8. The van der Waals surface area contributed by atoms with Crippen LogP contribution in [0.2, 0.25) is 0 Å². The van der Waals surface area contributed by atoms with Gasteiger partial charge in [-0.3, -0.25) is 4.79 Å². The molecule has 25 heavy (non-hydrogen) atoms. The first-order valence-corrected chi connectivity index (χ1v) is 8.60. The van der Waals surface area contributed by atoms with Gasteiger partial charge in [0, 0.05) is 33.3 Å². The fraction of sp³-hybridized carbons (Fsp3) is 0.526. The molecule has 6 heteroatoms. The molecule has 0 bridgehead atoms. The van der Waals surface area contributed by atoms with Gasteiger partial charge in [-0.15, -0.1) is 0 Å². The van der Waals surface area contributed by atoms with E-state index in [0.717, 1.165) is 16.7 Å². The van der Waals surface area contributed by atoms with Crippen molar-refractivity contribution in [3.8, 4) is 0 Å². The standard InChI is InChI=1S/C19H29BN2O3/c1-14(23)21-13-16(20-24-18(2,3)19(4,5)25-20)11-15-9-8-10-17(12-15)22(6)7/h8-12H,13H2,1-7H3,(H,21,23). The minimum Gasteiger partial charge on any atom is -0.400 e. The number of carbonyl (C=O) groups excluding carboxylic acids is 1. The number of rotatable bonds is 5. The highest BCUT2D eigenvalue weighted by Crippen LogP contribution is 2.38. The number of amides is 1. The molecule has 0 saturated carbocycles. The molecule has 0 aliphatic carbocycles. The van der Waals surface area contributed by atoms with Crippen LogP contribution in [0.15, 0.2) is 29.7 Å². The predicted octanol–water partition coefficient (Wildman–Crippen LogP) is 2.90. The van der Waals surface area contributed by atoms with Crippen LogP contribution in [0, 0.1) is 0 Å². The first-order chi connectivity index (χ1) is 11.5. The summed E-state index contributed by atoms with van der Waals surface area (Å²) in [6, 6.07) is 8.20. The topological polar surface area (TPSA) is 50.8 Å². The second-order valence-corrected chi connectivity index (χ2v) is 7.71. The Bertz CT molecular complexity index is 652. The van der Waals surface area contributed by atoms with E-state index < -0.39 is 18.3 Å². The molecule has 1 heterocycles. The fourth-order valence-electron chi connectivity index (χ4n) is 2.53. The minimum absolute atomic E-state index is 0.0792. The molecule has 1 N–H and O–H groups in total. The third-order valence-electron chi connectivity index (χ3n) is 4.84. The highest BCUT2D eigenvalue weighted by Gasteiger charge is 2.52. The van der Waals surface area contributed by atoms with E-state index in [0.29, 0.717) is 6.54 Å². The summed E-state index contributed by atoms with van der Waals surface area (Å²) in [5.41, 5.74) is 2.21. The Morgan fingerprint density at radius 1 is 1.20 bits per heavy atom. The fourth-order valence-corrected chi connectivity index (χ4v) is 2.53. The molecular formula is C19H29BN2O3. The molecule has 5 nitrogen and oxygen atoms in total. The zero-order valence-corrected chi connectivity index (χ0v) is 16.3. The molecule has 2 rings (SSSR count). The summed E-state index contributed by atoms with van der Waals surface area (Å²) in [7, 11) is 3.53. The third kappa shape index (κ3) is 4.64. The van der Waals surface area contributed by atoms with Gasteiger partial charge in [-0.25, -0.2) is 0 Å². The Balaban J connectivity index is 2.33. The number of benzene rings is 1. The molecule has 0 atom stereocenters. The van der Waals surface area contributed by atoms with Crippen LogP contribution in [0.3, 0.4) is 0 Å². The SMILES string of the molecule is CC(=O)NCC(=Cc1cccc(N(C)C)c1)B1OC(C)(C)C(C)(C)O1. The number of carbonyl (C=O) groups is 1. The van der Waals surface area contributed by atoms with Crippen molar-refractivity contribution < 1.29 is 14.1 Å². The smallest absolute Gasteiger partial charge is 0.400 e. The Kier molecular flexibility index (Phi) is 5.64. The second-order valence-electron chi connectivity index (χ2n) is 7.71. The average molecular weight is 344 g/mol. The van der Waals surface area contributed by atoms with E-state index in [4.69, 9.17) is 9.31 Å². The largest absolute Gasteiger partial charge is 0.492 e. The highest BCUT2D eigenvalue weighted by molar-refractivity contribution is 6.56. The summed E-state index contributed by atoms with van der Waals surface area (Å²) in [6.07, 6.45) is 2.03. The van der Waals surface area contributed by atoms with Crippen LogP contribution >= 0.6 is 0 Å². The van der Waals surface area contributed by atoms with E-state index in [1.807, 2.05) is 60.0 Å². The number of hydrogen-bond donors (Lipinski definition) is 1. The summed E-state index contributed by atoms with van der Waals surface area (Å²) in [5.74, 6) is -0.0792. The Labute approximate surface area is 151 Å². The number of anilines is 1. The van der Waals surface area contributed by atoms with E-state index in [-0.39, 0.29) is 5.91 Å². The molecular weight excluding hydrogens is 315 g/mol. The summed E-state index contributed by atoms with van der Waals surface area (Å²) in [6.45, 7) is 9.99. The molecule has 0 spiro atoms. The van der Waals surface area contributed by atoms with Crippen molar-refractivity contribution in [3.63, 3.8) is 0 Å². The van der Waals surface area contributed by atoms with E-state index in [1.165, 1.54) is 6.92 Å². The lowest BCUT2D eigenvalue weighted by atomic mass is 9.77. The van der Waals surface area contributed by atoms with Crippen LogP contribution < -0.4 is 10.2 Å². The van der Waals surface area contributed by atoms with Gasteiger partial charge in [-0.2, -0.15) is 0 Å². The highest BCUT2D eigenvalue weighted by atomic mass is 16.7. The monoisotopic (exact) mass is 344 g/mol. The summed E-state index contributed by atoms with van der Waals surface area (Å²) in [4.78, 5) is 13.4.